The fraction of sp³-hybridized carbons (Fsp3) is 0.125. The molecule has 0 unspecified atom stereocenters. The number of fused-ring (bicyclic) bond motifs is 1. The molecule has 13 heavy (non-hydrogen) atoms. The Kier molecular flexibility index (Phi) is 5.64. The Morgan fingerprint density at radius 2 is 1.85 bits per heavy atom. The summed E-state index contributed by atoms with van der Waals surface area (Å²) in [4.78, 5) is 11.0. The molecular formula is C8H6Ag2N2O. The van der Waals surface area contributed by atoms with E-state index in [1.807, 2.05) is 18.2 Å². The Hall–Kier alpha value is -0.0295. The van der Waals surface area contributed by atoms with Gasteiger partial charge >= 0.3 is 0 Å². The molecule has 0 N–H and O–H groups in total. The van der Waals surface area contributed by atoms with E-state index in [-0.39, 0.29) is 50.7 Å². The maximum absolute atomic E-state index is 11.0. The van der Waals surface area contributed by atoms with Crippen LogP contribution in [0.1, 0.15) is 15.9 Å². The van der Waals surface area contributed by atoms with Gasteiger partial charge in [-0.1, -0.05) is 18.2 Å². The molecule has 1 heterocycles. The van der Waals surface area contributed by atoms with Crippen LogP contribution < -0.4 is 0 Å². The van der Waals surface area contributed by atoms with E-state index in [9.17, 15) is 4.79 Å². The first kappa shape index (κ1) is 13.0. The molecule has 0 aliphatic carbocycles. The molecule has 3 nitrogen and oxygen atoms in total. The van der Waals surface area contributed by atoms with Crippen LogP contribution in [-0.2, 0) is 51.3 Å². The van der Waals surface area contributed by atoms with Crippen LogP contribution in [0.5, 0.6) is 0 Å². The zero-order chi connectivity index (χ0) is 7.68. The van der Waals surface area contributed by atoms with E-state index in [4.69, 9.17) is 0 Å². The molecule has 0 bridgehead atoms. The fourth-order valence-electron chi connectivity index (χ4n) is 1.10. The first-order valence-electron chi connectivity index (χ1n) is 3.37. The van der Waals surface area contributed by atoms with E-state index < -0.39 is 0 Å². The molecule has 1 aromatic rings. The second kappa shape index (κ2) is 5.65. The van der Waals surface area contributed by atoms with Crippen LogP contribution in [0.25, 0.3) is 0 Å². The van der Waals surface area contributed by atoms with E-state index in [1.165, 1.54) is 0 Å². The largest absolute Gasteiger partial charge is 0.295 e. The van der Waals surface area contributed by atoms with Gasteiger partial charge in [-0.15, -0.1) is 5.11 Å². The Morgan fingerprint density at radius 1 is 1.15 bits per heavy atom. The Labute approximate surface area is 107 Å². The summed E-state index contributed by atoms with van der Waals surface area (Å²) in [5, 5.41) is 7.13. The van der Waals surface area contributed by atoms with Crippen molar-refractivity contribution in [3.8, 4) is 0 Å². The molecule has 1 aromatic carbocycles. The molecule has 0 aromatic heterocycles. The number of carbonyl (C=O) groups is 1. The first-order chi connectivity index (χ1) is 5.38. The second-order valence-corrected chi connectivity index (χ2v) is 2.36. The summed E-state index contributed by atoms with van der Waals surface area (Å²) in [6, 6.07) is 7.39. The number of benzene rings is 1. The van der Waals surface area contributed by atoms with Crippen molar-refractivity contribution in [2.45, 2.75) is 6.54 Å². The van der Waals surface area contributed by atoms with Gasteiger partial charge in [-0.3, -0.25) is 4.79 Å². The monoisotopic (exact) mass is 360 g/mol. The molecule has 0 fully saturated rings. The second-order valence-electron chi connectivity index (χ2n) is 2.36. The smallest absolute Gasteiger partial charge is 0.265 e. The predicted octanol–water partition coefficient (Wildman–Crippen LogP) is 1.79. The van der Waals surface area contributed by atoms with Gasteiger partial charge in [-0.2, -0.15) is 5.11 Å². The number of rotatable bonds is 0. The van der Waals surface area contributed by atoms with Gasteiger partial charge < -0.3 is 0 Å². The van der Waals surface area contributed by atoms with Crippen LogP contribution in [-0.4, -0.2) is 5.91 Å². The van der Waals surface area contributed by atoms with Crippen molar-refractivity contribution < 1.29 is 49.6 Å². The number of hydrogen-bond donors (Lipinski definition) is 0. The summed E-state index contributed by atoms with van der Waals surface area (Å²) < 4.78 is 0. The molecular weight excluding hydrogens is 356 g/mol. The molecule has 1 amide bonds. The van der Waals surface area contributed by atoms with Crippen molar-refractivity contribution in [3.05, 3.63) is 35.4 Å². The summed E-state index contributed by atoms with van der Waals surface area (Å²) in [7, 11) is 0. The van der Waals surface area contributed by atoms with Crippen molar-refractivity contribution in [2.75, 3.05) is 0 Å². The molecule has 5 heteroatoms. The molecule has 2 radical (unpaired) electrons. The van der Waals surface area contributed by atoms with Gasteiger partial charge in [-0.25, -0.2) is 0 Å². The Balaban J connectivity index is 0.000000720. The van der Waals surface area contributed by atoms with Gasteiger partial charge in [0.15, 0.2) is 0 Å². The van der Waals surface area contributed by atoms with Crippen LogP contribution in [0.4, 0.5) is 0 Å². The van der Waals surface area contributed by atoms with Gasteiger partial charge in [0.05, 0.1) is 6.54 Å². The fourth-order valence-corrected chi connectivity index (χ4v) is 1.10. The van der Waals surface area contributed by atoms with Crippen LogP contribution in [0.2, 0.25) is 0 Å². The maximum Gasteiger partial charge on any atom is 0.295 e. The van der Waals surface area contributed by atoms with E-state index in [0.717, 1.165) is 5.56 Å². The zero-order valence-corrected chi connectivity index (χ0v) is 9.39. The minimum atomic E-state index is -0.230. The topological polar surface area (TPSA) is 41.8 Å². The van der Waals surface area contributed by atoms with E-state index in [2.05, 4.69) is 10.2 Å². The third-order valence-electron chi connectivity index (χ3n) is 1.65. The van der Waals surface area contributed by atoms with Crippen molar-refractivity contribution in [3.63, 3.8) is 0 Å². The van der Waals surface area contributed by atoms with Crippen molar-refractivity contribution in [2.24, 2.45) is 10.2 Å². The number of amides is 1. The molecule has 2 rings (SSSR count). The molecule has 0 saturated carbocycles. The van der Waals surface area contributed by atoms with Gasteiger partial charge in [0.25, 0.3) is 5.91 Å². The summed E-state index contributed by atoms with van der Waals surface area (Å²) >= 11 is 0. The molecule has 0 saturated heterocycles. The standard InChI is InChI=1S/C8H6N2O.2Ag/c11-8-7-4-2-1-3-6(7)5-9-10-8;;/h1-4H,5H2;;. The maximum atomic E-state index is 11.0. The molecule has 0 spiro atoms. The third-order valence-corrected chi connectivity index (χ3v) is 1.65. The Morgan fingerprint density at radius 3 is 2.54 bits per heavy atom. The molecule has 0 atom stereocenters. The van der Waals surface area contributed by atoms with Gasteiger partial charge in [0.1, 0.15) is 0 Å². The van der Waals surface area contributed by atoms with Crippen molar-refractivity contribution in [1.29, 1.82) is 0 Å². The number of carbonyl (C=O) groups excluding carboxylic acids is 1. The number of nitrogens with zero attached hydrogens (tertiary/aromatic N) is 2. The molecule has 76 valence electrons. The third kappa shape index (κ3) is 2.71. The summed E-state index contributed by atoms with van der Waals surface area (Å²) in [6.45, 7) is 0.530. The minimum absolute atomic E-state index is 0. The van der Waals surface area contributed by atoms with Gasteiger partial charge in [0.2, 0.25) is 0 Å². The van der Waals surface area contributed by atoms with E-state index in [0.29, 0.717) is 12.1 Å². The first-order valence-corrected chi connectivity index (χ1v) is 3.37. The average Bonchev–Trinajstić information content (AvgIpc) is 2.06. The number of azo groups is 1. The zero-order valence-electron chi connectivity index (χ0n) is 6.42. The predicted molar refractivity (Wildman–Crippen MR) is 39.3 cm³/mol. The normalized spacial score (nSPS) is 12.5. The van der Waals surface area contributed by atoms with Crippen LogP contribution in [0, 0.1) is 0 Å². The summed E-state index contributed by atoms with van der Waals surface area (Å²) in [5.74, 6) is -0.230. The minimum Gasteiger partial charge on any atom is -0.265 e. The Bertz CT molecular complexity index is 339. The van der Waals surface area contributed by atoms with E-state index in [1.54, 1.807) is 6.07 Å². The summed E-state index contributed by atoms with van der Waals surface area (Å²) in [5.41, 5.74) is 1.65. The quantitative estimate of drug-likeness (QED) is 0.649. The van der Waals surface area contributed by atoms with Gasteiger partial charge in [-0.05, 0) is 11.6 Å². The van der Waals surface area contributed by atoms with E-state index >= 15 is 0 Å². The summed E-state index contributed by atoms with van der Waals surface area (Å²) in [6.07, 6.45) is 0. The van der Waals surface area contributed by atoms with Gasteiger partial charge in [0, 0.05) is 50.3 Å². The molecule has 1 aliphatic rings. The van der Waals surface area contributed by atoms with Crippen molar-refractivity contribution >= 4 is 5.91 Å². The number of hydrogen-bond acceptors (Lipinski definition) is 2. The van der Waals surface area contributed by atoms with Crippen LogP contribution in [0.3, 0.4) is 0 Å². The van der Waals surface area contributed by atoms with Crippen molar-refractivity contribution in [1.82, 2.24) is 0 Å². The van der Waals surface area contributed by atoms with Crippen LogP contribution >= 0.6 is 0 Å². The van der Waals surface area contributed by atoms with Crippen LogP contribution in [0.15, 0.2) is 34.5 Å². The molecule has 1 aliphatic heterocycles. The average molecular weight is 362 g/mol. The SMILES string of the molecule is O=C1N=NCc2ccccc21.[Ag].[Ag].